The molecule has 0 aromatic heterocycles. The van der Waals surface area contributed by atoms with E-state index in [1.165, 1.54) is 6.08 Å². The van der Waals surface area contributed by atoms with Crippen LogP contribution in [0.5, 0.6) is 5.75 Å². The number of alkyl halides is 6. The van der Waals surface area contributed by atoms with Crippen molar-refractivity contribution in [3.8, 4) is 5.75 Å². The van der Waals surface area contributed by atoms with Crippen LogP contribution >= 0.6 is 0 Å². The van der Waals surface area contributed by atoms with Crippen LogP contribution in [0, 0.1) is 0 Å². The first kappa shape index (κ1) is 15.0. The summed E-state index contributed by atoms with van der Waals surface area (Å²) in [5.74, 6) is -0.707. The fourth-order valence-electron chi connectivity index (χ4n) is 1.04. The number of carbonyl (C=O) groups excluding carboxylic acids is 1. The number of nitrogens with zero attached hydrogens (tertiary/aromatic N) is 1. The predicted molar refractivity (Wildman–Crippen MR) is 50.7 cm³/mol. The molecular weight excluding hydrogens is 280 g/mol. The van der Waals surface area contributed by atoms with Crippen molar-refractivity contribution in [1.82, 2.24) is 0 Å². The largest absolute Gasteiger partial charge is 0.439 e. The molecule has 1 aromatic rings. The van der Waals surface area contributed by atoms with E-state index in [2.05, 4.69) is 9.73 Å². The first-order chi connectivity index (χ1) is 8.66. The lowest BCUT2D eigenvalue weighted by Crippen LogP contribution is -2.45. The van der Waals surface area contributed by atoms with E-state index in [0.717, 1.165) is 24.3 Å². The van der Waals surface area contributed by atoms with Crippen molar-refractivity contribution in [3.63, 3.8) is 0 Å². The van der Waals surface area contributed by atoms with Crippen LogP contribution in [0.1, 0.15) is 0 Å². The Kier molecular flexibility index (Phi) is 4.21. The maximum absolute atomic E-state index is 12.8. The molecule has 19 heavy (non-hydrogen) atoms. The summed E-state index contributed by atoms with van der Waals surface area (Å²) in [7, 11) is 0. The molecule has 0 saturated carbocycles. The summed E-state index contributed by atoms with van der Waals surface area (Å²) in [6, 6.07) is 3.65. The number of halogens is 6. The minimum Gasteiger partial charge on any atom is -0.430 e. The second-order valence-corrected chi connectivity index (χ2v) is 3.27. The van der Waals surface area contributed by atoms with Gasteiger partial charge in [-0.05, 0) is 24.3 Å². The molecule has 1 rings (SSSR count). The lowest BCUT2D eigenvalue weighted by molar-refractivity contribution is -0.304. The van der Waals surface area contributed by atoms with Gasteiger partial charge in [0.25, 0.3) is 6.17 Å². The zero-order valence-electron chi connectivity index (χ0n) is 8.92. The van der Waals surface area contributed by atoms with Gasteiger partial charge >= 0.3 is 12.3 Å². The predicted octanol–water partition coefficient (Wildman–Crippen LogP) is 3.53. The van der Waals surface area contributed by atoms with Crippen LogP contribution in [-0.2, 0) is 4.79 Å². The molecule has 0 aliphatic carbocycles. The average Bonchev–Trinajstić information content (AvgIpc) is 2.29. The van der Waals surface area contributed by atoms with Crippen molar-refractivity contribution in [2.75, 3.05) is 0 Å². The number of aliphatic imine (C=N–C) groups is 1. The Morgan fingerprint density at radius 1 is 1.11 bits per heavy atom. The second kappa shape index (κ2) is 5.31. The molecule has 0 amide bonds. The molecule has 1 unspecified atom stereocenters. The fraction of sp³-hybridized carbons (Fsp3) is 0.300. The van der Waals surface area contributed by atoms with Gasteiger partial charge in [-0.2, -0.15) is 26.9 Å². The highest BCUT2D eigenvalue weighted by Crippen LogP contribution is 2.36. The van der Waals surface area contributed by atoms with E-state index in [-0.39, 0.29) is 5.69 Å². The lowest BCUT2D eigenvalue weighted by Gasteiger charge is -2.22. The summed E-state index contributed by atoms with van der Waals surface area (Å²) in [5.41, 5.74) is 0.0262. The molecule has 0 fully saturated rings. The SMILES string of the molecule is O=C=Nc1ccc(OC(F)(F)C(F)C(F)(F)F)cc1. The number of isocyanates is 1. The molecule has 9 heteroatoms. The van der Waals surface area contributed by atoms with Crippen LogP contribution in [0.15, 0.2) is 29.3 Å². The van der Waals surface area contributed by atoms with Crippen LogP contribution in [0.3, 0.4) is 0 Å². The zero-order chi connectivity index (χ0) is 14.7. The number of ether oxygens (including phenoxy) is 1. The summed E-state index contributed by atoms with van der Waals surface area (Å²) < 4.78 is 77.3. The van der Waals surface area contributed by atoms with Gasteiger partial charge < -0.3 is 4.74 Å². The summed E-state index contributed by atoms with van der Waals surface area (Å²) in [5, 5.41) is 0. The maximum atomic E-state index is 12.8. The molecule has 0 spiro atoms. The standard InChI is InChI=1S/C10H5F6NO2/c11-8(9(12,13)14)10(15,16)19-7-3-1-6(2-4-7)17-5-18/h1-4,8H. The summed E-state index contributed by atoms with van der Waals surface area (Å²) >= 11 is 0. The third kappa shape index (κ3) is 3.99. The van der Waals surface area contributed by atoms with Gasteiger partial charge in [0, 0.05) is 0 Å². The Balaban J connectivity index is 2.86. The van der Waals surface area contributed by atoms with Crippen LogP contribution < -0.4 is 4.74 Å². The van der Waals surface area contributed by atoms with Gasteiger partial charge in [0.1, 0.15) is 5.75 Å². The van der Waals surface area contributed by atoms with Gasteiger partial charge in [0.05, 0.1) is 5.69 Å². The Labute approximate surface area is 102 Å². The highest BCUT2D eigenvalue weighted by molar-refractivity contribution is 5.50. The molecule has 0 heterocycles. The molecule has 0 aliphatic heterocycles. The van der Waals surface area contributed by atoms with E-state index in [9.17, 15) is 31.1 Å². The zero-order valence-corrected chi connectivity index (χ0v) is 8.92. The quantitative estimate of drug-likeness (QED) is 0.482. The molecule has 1 atom stereocenters. The normalized spacial score (nSPS) is 13.6. The molecule has 1 aromatic carbocycles. The van der Waals surface area contributed by atoms with E-state index < -0.39 is 24.2 Å². The third-order valence-corrected chi connectivity index (χ3v) is 1.85. The van der Waals surface area contributed by atoms with Gasteiger partial charge in [-0.1, -0.05) is 0 Å². The third-order valence-electron chi connectivity index (χ3n) is 1.85. The first-order valence-electron chi connectivity index (χ1n) is 4.62. The van der Waals surface area contributed by atoms with Crippen LogP contribution in [-0.4, -0.2) is 24.5 Å². The minimum absolute atomic E-state index is 0.0262. The Hall–Kier alpha value is -2.02. The summed E-state index contributed by atoms with van der Waals surface area (Å²) in [4.78, 5) is 13.0. The van der Waals surface area contributed by atoms with Crippen molar-refractivity contribution >= 4 is 11.8 Å². The Morgan fingerprint density at radius 2 is 1.63 bits per heavy atom. The molecule has 0 radical (unpaired) electrons. The van der Waals surface area contributed by atoms with E-state index in [1.807, 2.05) is 0 Å². The highest BCUT2D eigenvalue weighted by Gasteiger charge is 2.59. The Bertz CT molecular complexity index is 478. The van der Waals surface area contributed by atoms with E-state index >= 15 is 0 Å². The fourth-order valence-corrected chi connectivity index (χ4v) is 1.04. The number of benzene rings is 1. The molecule has 3 nitrogen and oxygen atoms in total. The maximum Gasteiger partial charge on any atom is 0.439 e. The number of hydrogen-bond donors (Lipinski definition) is 0. The van der Waals surface area contributed by atoms with Gasteiger partial charge in [0.15, 0.2) is 0 Å². The minimum atomic E-state index is -5.74. The smallest absolute Gasteiger partial charge is 0.430 e. The molecule has 104 valence electrons. The number of rotatable bonds is 4. The van der Waals surface area contributed by atoms with Crippen LogP contribution in [0.2, 0.25) is 0 Å². The summed E-state index contributed by atoms with van der Waals surface area (Å²) in [6.45, 7) is 0. The molecular formula is C10H5F6NO2. The van der Waals surface area contributed by atoms with E-state index in [4.69, 9.17) is 0 Å². The molecule has 0 saturated heterocycles. The van der Waals surface area contributed by atoms with Crippen molar-refractivity contribution in [2.24, 2.45) is 4.99 Å². The molecule has 0 aliphatic rings. The van der Waals surface area contributed by atoms with Crippen molar-refractivity contribution in [1.29, 1.82) is 0 Å². The van der Waals surface area contributed by atoms with Crippen molar-refractivity contribution < 1.29 is 35.9 Å². The van der Waals surface area contributed by atoms with Crippen LogP contribution in [0.4, 0.5) is 32.0 Å². The highest BCUT2D eigenvalue weighted by atomic mass is 19.4. The van der Waals surface area contributed by atoms with Gasteiger partial charge in [0.2, 0.25) is 6.08 Å². The summed E-state index contributed by atoms with van der Waals surface area (Å²) in [6.07, 6.45) is -14.1. The van der Waals surface area contributed by atoms with E-state index in [0.29, 0.717) is 0 Å². The van der Waals surface area contributed by atoms with E-state index in [1.54, 1.807) is 0 Å². The Morgan fingerprint density at radius 3 is 2.05 bits per heavy atom. The second-order valence-electron chi connectivity index (χ2n) is 3.27. The van der Waals surface area contributed by atoms with Crippen molar-refractivity contribution in [3.05, 3.63) is 24.3 Å². The monoisotopic (exact) mass is 285 g/mol. The van der Waals surface area contributed by atoms with Gasteiger partial charge in [-0.3, -0.25) is 0 Å². The first-order valence-corrected chi connectivity index (χ1v) is 4.62. The molecule has 0 N–H and O–H groups in total. The average molecular weight is 285 g/mol. The van der Waals surface area contributed by atoms with Gasteiger partial charge in [-0.25, -0.2) is 9.18 Å². The van der Waals surface area contributed by atoms with Crippen LogP contribution in [0.25, 0.3) is 0 Å². The number of hydrogen-bond acceptors (Lipinski definition) is 3. The topological polar surface area (TPSA) is 38.7 Å². The van der Waals surface area contributed by atoms with Gasteiger partial charge in [-0.15, -0.1) is 0 Å². The molecule has 0 bridgehead atoms. The van der Waals surface area contributed by atoms with Crippen molar-refractivity contribution in [2.45, 2.75) is 18.5 Å². The lowest BCUT2D eigenvalue weighted by atomic mass is 10.3.